The van der Waals surface area contributed by atoms with Gasteiger partial charge >= 0.3 is 0 Å². The van der Waals surface area contributed by atoms with Crippen molar-refractivity contribution < 1.29 is 0 Å². The van der Waals surface area contributed by atoms with Gasteiger partial charge in [0.05, 0.1) is 0 Å². The molecule has 2 aromatic heterocycles. The zero-order valence-electron chi connectivity index (χ0n) is 19.4. The predicted octanol–water partition coefficient (Wildman–Crippen LogP) is 10.9. The summed E-state index contributed by atoms with van der Waals surface area (Å²) >= 11 is 3.66. The van der Waals surface area contributed by atoms with Crippen LogP contribution in [0.3, 0.4) is 0 Å². The van der Waals surface area contributed by atoms with Crippen LogP contribution in [0.5, 0.6) is 0 Å². The van der Waals surface area contributed by atoms with Gasteiger partial charge in [-0.2, -0.15) is 0 Å². The third-order valence-corrected chi connectivity index (χ3v) is 9.33. The first-order chi connectivity index (χ1) is 17.9. The van der Waals surface area contributed by atoms with Crippen LogP contribution in [-0.4, -0.2) is 0 Å². The van der Waals surface area contributed by atoms with Gasteiger partial charge in [0.2, 0.25) is 0 Å². The highest BCUT2D eigenvalue weighted by Gasteiger charge is 2.17. The lowest BCUT2D eigenvalue weighted by molar-refractivity contribution is 1.74. The van der Waals surface area contributed by atoms with E-state index in [4.69, 9.17) is 0 Å². The number of hydrogen-bond donors (Lipinski definition) is 0. The molecule has 0 saturated carbocycles. The van der Waals surface area contributed by atoms with Crippen LogP contribution in [0.15, 0.2) is 120 Å². The Hall–Kier alpha value is -3.98. The minimum atomic E-state index is 1.29. The summed E-state index contributed by atoms with van der Waals surface area (Å²) in [6.07, 6.45) is 0. The van der Waals surface area contributed by atoms with Gasteiger partial charge in [0, 0.05) is 31.3 Å². The van der Waals surface area contributed by atoms with Gasteiger partial charge in [-0.15, -0.1) is 22.7 Å². The summed E-state index contributed by atoms with van der Waals surface area (Å²) in [6.45, 7) is 0. The molecular formula is C34H20S2. The van der Waals surface area contributed by atoms with Gasteiger partial charge in [-0.05, 0) is 78.5 Å². The first kappa shape index (κ1) is 20.2. The van der Waals surface area contributed by atoms with E-state index in [0.717, 1.165) is 0 Å². The summed E-state index contributed by atoms with van der Waals surface area (Å²) in [6, 6.07) is 40.2. The van der Waals surface area contributed by atoms with Gasteiger partial charge in [-0.1, -0.05) is 84.9 Å². The quantitative estimate of drug-likeness (QED) is 0.211. The number of benzene rings is 6. The fourth-order valence-corrected chi connectivity index (χ4v) is 7.72. The van der Waals surface area contributed by atoms with E-state index in [1.807, 2.05) is 22.7 Å². The first-order valence-corrected chi connectivity index (χ1v) is 13.9. The zero-order chi connectivity index (χ0) is 23.6. The predicted molar refractivity (Wildman–Crippen MR) is 161 cm³/mol. The topological polar surface area (TPSA) is 0 Å². The van der Waals surface area contributed by atoms with Gasteiger partial charge in [0.15, 0.2) is 0 Å². The van der Waals surface area contributed by atoms with E-state index < -0.39 is 0 Å². The fourth-order valence-electron chi connectivity index (χ4n) is 5.80. The number of rotatable bonds is 2. The van der Waals surface area contributed by atoms with Crippen LogP contribution in [0, 0.1) is 0 Å². The summed E-state index contributed by atoms with van der Waals surface area (Å²) < 4.78 is 2.67. The molecule has 0 bridgehead atoms. The molecule has 0 N–H and O–H groups in total. The molecule has 0 fully saturated rings. The van der Waals surface area contributed by atoms with Crippen molar-refractivity contribution >= 4 is 75.2 Å². The molecule has 0 aliphatic carbocycles. The molecule has 0 atom stereocenters. The Kier molecular flexibility index (Phi) is 4.36. The molecular weight excluding hydrogens is 473 g/mol. The normalized spacial score (nSPS) is 11.9. The molecule has 0 aliphatic rings. The van der Waals surface area contributed by atoms with Crippen LogP contribution in [0.25, 0.3) is 74.7 Å². The first-order valence-electron chi connectivity index (χ1n) is 12.2. The second-order valence-corrected chi connectivity index (χ2v) is 11.2. The van der Waals surface area contributed by atoms with Gasteiger partial charge < -0.3 is 0 Å². The lowest BCUT2D eigenvalue weighted by atomic mass is 9.87. The van der Waals surface area contributed by atoms with Crippen LogP contribution >= 0.6 is 22.7 Å². The van der Waals surface area contributed by atoms with E-state index in [2.05, 4.69) is 120 Å². The molecule has 36 heavy (non-hydrogen) atoms. The Morgan fingerprint density at radius 2 is 0.750 bits per heavy atom. The van der Waals surface area contributed by atoms with Gasteiger partial charge in [-0.25, -0.2) is 0 Å². The van der Waals surface area contributed by atoms with Crippen molar-refractivity contribution in [2.75, 3.05) is 0 Å². The molecule has 6 aromatic carbocycles. The van der Waals surface area contributed by atoms with E-state index in [1.54, 1.807) is 0 Å². The number of hydrogen-bond acceptors (Lipinski definition) is 2. The molecule has 2 heterocycles. The highest BCUT2D eigenvalue weighted by atomic mass is 32.1. The number of fused-ring (bicyclic) bond motifs is 7. The van der Waals surface area contributed by atoms with E-state index in [1.165, 1.54) is 74.7 Å². The molecule has 2 heteroatoms. The van der Waals surface area contributed by atoms with Crippen LogP contribution < -0.4 is 0 Å². The molecule has 8 aromatic rings. The minimum absolute atomic E-state index is 1.29. The van der Waals surface area contributed by atoms with E-state index >= 15 is 0 Å². The van der Waals surface area contributed by atoms with Crippen molar-refractivity contribution in [3.8, 4) is 22.3 Å². The molecule has 0 amide bonds. The maximum absolute atomic E-state index is 2.43. The van der Waals surface area contributed by atoms with Crippen LogP contribution in [-0.2, 0) is 0 Å². The van der Waals surface area contributed by atoms with E-state index in [9.17, 15) is 0 Å². The second-order valence-electron chi connectivity index (χ2n) is 9.33. The summed E-state index contributed by atoms with van der Waals surface area (Å²) in [5.41, 5.74) is 5.27. The molecule has 8 rings (SSSR count). The molecule has 0 unspecified atom stereocenters. The SMILES string of the molecule is c1ccc2c(-c3cc4cc(-c5csc6ccccc56)c5ccccc5c4c4ccccc34)csc2c1. The lowest BCUT2D eigenvalue weighted by Gasteiger charge is -2.15. The lowest BCUT2D eigenvalue weighted by Crippen LogP contribution is -1.88. The van der Waals surface area contributed by atoms with Crippen molar-refractivity contribution in [3.05, 3.63) is 120 Å². The fraction of sp³-hybridized carbons (Fsp3) is 0. The van der Waals surface area contributed by atoms with Gasteiger partial charge in [0.1, 0.15) is 0 Å². The van der Waals surface area contributed by atoms with Gasteiger partial charge in [0.25, 0.3) is 0 Å². The molecule has 0 aliphatic heterocycles. The second kappa shape index (κ2) is 7.76. The highest BCUT2D eigenvalue weighted by molar-refractivity contribution is 7.18. The maximum atomic E-state index is 2.43. The Morgan fingerprint density at radius 1 is 0.361 bits per heavy atom. The molecule has 0 saturated heterocycles. The van der Waals surface area contributed by atoms with Crippen LogP contribution in [0.4, 0.5) is 0 Å². The Morgan fingerprint density at radius 3 is 1.22 bits per heavy atom. The van der Waals surface area contributed by atoms with Crippen molar-refractivity contribution in [1.82, 2.24) is 0 Å². The third kappa shape index (κ3) is 2.86. The van der Waals surface area contributed by atoms with E-state index in [0.29, 0.717) is 0 Å². The number of thiophene rings is 2. The Labute approximate surface area is 216 Å². The third-order valence-electron chi connectivity index (χ3n) is 7.40. The van der Waals surface area contributed by atoms with Crippen LogP contribution in [0.2, 0.25) is 0 Å². The van der Waals surface area contributed by atoms with Gasteiger partial charge in [-0.3, -0.25) is 0 Å². The summed E-state index contributed by atoms with van der Waals surface area (Å²) in [4.78, 5) is 0. The van der Waals surface area contributed by atoms with Crippen molar-refractivity contribution in [2.24, 2.45) is 0 Å². The molecule has 0 spiro atoms. The summed E-state index contributed by atoms with van der Waals surface area (Å²) in [5.74, 6) is 0. The minimum Gasteiger partial charge on any atom is -0.143 e. The smallest absolute Gasteiger partial charge is 0.0349 e. The Bertz CT molecular complexity index is 1960. The molecule has 168 valence electrons. The maximum Gasteiger partial charge on any atom is 0.0349 e. The standard InChI is InChI=1S/C34H20S2/c1-3-13-26-22(9-1)28(30-19-35-32-15-7-5-11-24(30)32)17-21-18-29(23-10-2-4-14-27(23)34(21)26)31-20-36-33-16-8-6-12-25(31)33/h1-20H. The highest BCUT2D eigenvalue weighted by Crippen LogP contribution is 2.45. The zero-order valence-corrected chi connectivity index (χ0v) is 21.0. The van der Waals surface area contributed by atoms with Crippen molar-refractivity contribution in [1.29, 1.82) is 0 Å². The average molecular weight is 493 g/mol. The van der Waals surface area contributed by atoms with E-state index in [-0.39, 0.29) is 0 Å². The largest absolute Gasteiger partial charge is 0.143 e. The molecule has 0 nitrogen and oxygen atoms in total. The monoisotopic (exact) mass is 492 g/mol. The van der Waals surface area contributed by atoms with Crippen molar-refractivity contribution in [3.63, 3.8) is 0 Å². The summed E-state index contributed by atoms with van der Waals surface area (Å²) in [5, 5.41) is 15.2. The Balaban J connectivity index is 1.55. The average Bonchev–Trinajstić information content (AvgIpc) is 3.57. The summed E-state index contributed by atoms with van der Waals surface area (Å²) in [7, 11) is 0. The van der Waals surface area contributed by atoms with Crippen LogP contribution in [0.1, 0.15) is 0 Å². The van der Waals surface area contributed by atoms with Crippen molar-refractivity contribution in [2.45, 2.75) is 0 Å². The molecule has 0 radical (unpaired) electrons.